The molecule has 0 radical (unpaired) electrons. The Labute approximate surface area is 156 Å². The SMILES string of the molecule is CC(C)(C)NC(=O)Cn1c2c(c3ccccc3c1=O)C(=O)c1ccccc1-2. The molecule has 1 N–H and O–H groups in total. The van der Waals surface area contributed by atoms with Gasteiger partial charge in [0, 0.05) is 27.4 Å². The van der Waals surface area contributed by atoms with E-state index in [1.807, 2.05) is 39.0 Å². The van der Waals surface area contributed by atoms with Crippen molar-refractivity contribution in [3.8, 4) is 11.3 Å². The highest BCUT2D eigenvalue weighted by molar-refractivity contribution is 6.26. The van der Waals surface area contributed by atoms with Gasteiger partial charge in [-0.25, -0.2) is 0 Å². The maximum absolute atomic E-state index is 13.2. The number of nitrogens with zero attached hydrogens (tertiary/aromatic N) is 1. The van der Waals surface area contributed by atoms with Gasteiger partial charge in [0.1, 0.15) is 6.54 Å². The summed E-state index contributed by atoms with van der Waals surface area (Å²) in [5, 5.41) is 3.96. The molecule has 136 valence electrons. The molecule has 3 aromatic rings. The fourth-order valence-corrected chi connectivity index (χ4v) is 3.68. The third-order valence-electron chi connectivity index (χ3n) is 4.65. The predicted molar refractivity (Wildman–Crippen MR) is 105 cm³/mol. The molecule has 5 nitrogen and oxygen atoms in total. The smallest absolute Gasteiger partial charge is 0.259 e. The molecule has 0 atom stereocenters. The Morgan fingerprint density at radius 1 is 0.926 bits per heavy atom. The van der Waals surface area contributed by atoms with Crippen LogP contribution in [0.15, 0.2) is 53.3 Å². The van der Waals surface area contributed by atoms with Crippen LogP contribution in [0.1, 0.15) is 36.7 Å². The first-order chi connectivity index (χ1) is 12.8. The third-order valence-corrected chi connectivity index (χ3v) is 4.65. The van der Waals surface area contributed by atoms with Crippen molar-refractivity contribution < 1.29 is 9.59 Å². The molecule has 1 aliphatic carbocycles. The summed E-state index contributed by atoms with van der Waals surface area (Å²) >= 11 is 0. The van der Waals surface area contributed by atoms with E-state index in [0.717, 1.165) is 0 Å². The summed E-state index contributed by atoms with van der Waals surface area (Å²) in [5.41, 5.74) is 1.61. The van der Waals surface area contributed by atoms with Crippen molar-refractivity contribution in [3.63, 3.8) is 0 Å². The minimum atomic E-state index is -0.408. The van der Waals surface area contributed by atoms with Crippen molar-refractivity contribution in [2.24, 2.45) is 0 Å². The molecule has 0 bridgehead atoms. The van der Waals surface area contributed by atoms with Crippen LogP contribution >= 0.6 is 0 Å². The maximum Gasteiger partial charge on any atom is 0.259 e. The fourth-order valence-electron chi connectivity index (χ4n) is 3.68. The number of pyridine rings is 1. The first kappa shape index (κ1) is 17.2. The lowest BCUT2D eigenvalue weighted by Gasteiger charge is -2.22. The number of fused-ring (bicyclic) bond motifs is 5. The fraction of sp³-hybridized carbons (Fsp3) is 0.227. The highest BCUT2D eigenvalue weighted by Gasteiger charge is 2.32. The van der Waals surface area contributed by atoms with E-state index in [-0.39, 0.29) is 23.8 Å². The molecule has 0 fully saturated rings. The molecule has 1 aromatic heterocycles. The molecule has 4 rings (SSSR count). The minimum Gasteiger partial charge on any atom is -0.350 e. The van der Waals surface area contributed by atoms with Crippen molar-refractivity contribution in [2.75, 3.05) is 0 Å². The summed E-state index contributed by atoms with van der Waals surface area (Å²) < 4.78 is 1.43. The zero-order valence-corrected chi connectivity index (χ0v) is 15.5. The summed E-state index contributed by atoms with van der Waals surface area (Å²) in [5.74, 6) is -0.374. The molecule has 27 heavy (non-hydrogen) atoms. The standard InChI is InChI=1S/C22H20N2O3/c1-22(2,3)23-17(25)12-24-19-14-9-5-6-10-15(14)20(26)18(19)13-8-4-7-11-16(13)21(24)27/h4-11H,12H2,1-3H3,(H,23,25). The van der Waals surface area contributed by atoms with Crippen LogP contribution in [0.2, 0.25) is 0 Å². The van der Waals surface area contributed by atoms with Gasteiger partial charge in [-0.1, -0.05) is 42.5 Å². The number of amides is 1. The molecule has 1 aliphatic rings. The minimum absolute atomic E-state index is 0.109. The summed E-state index contributed by atoms with van der Waals surface area (Å²) in [6.45, 7) is 5.52. The van der Waals surface area contributed by atoms with Crippen LogP contribution in [0, 0.1) is 0 Å². The second kappa shape index (κ2) is 5.91. The van der Waals surface area contributed by atoms with Gasteiger partial charge in [0.25, 0.3) is 5.56 Å². The molecule has 0 aliphatic heterocycles. The normalized spacial score (nSPS) is 12.8. The van der Waals surface area contributed by atoms with E-state index in [1.165, 1.54) is 4.57 Å². The molecule has 0 saturated carbocycles. The second-order valence-electron chi connectivity index (χ2n) is 7.83. The number of carbonyl (C=O) groups is 2. The molecule has 1 heterocycles. The van der Waals surface area contributed by atoms with E-state index >= 15 is 0 Å². The Kier molecular flexibility index (Phi) is 3.77. The third kappa shape index (κ3) is 2.76. The monoisotopic (exact) mass is 360 g/mol. The van der Waals surface area contributed by atoms with E-state index in [0.29, 0.717) is 33.2 Å². The first-order valence-corrected chi connectivity index (χ1v) is 8.88. The van der Waals surface area contributed by atoms with Gasteiger partial charge in [-0.2, -0.15) is 0 Å². The van der Waals surface area contributed by atoms with Crippen LogP contribution in [-0.2, 0) is 11.3 Å². The van der Waals surface area contributed by atoms with Gasteiger partial charge in [-0.05, 0) is 26.8 Å². The van der Waals surface area contributed by atoms with Crippen molar-refractivity contribution in [1.29, 1.82) is 0 Å². The lowest BCUT2D eigenvalue weighted by Crippen LogP contribution is -2.43. The Morgan fingerprint density at radius 2 is 1.52 bits per heavy atom. The number of rotatable bonds is 2. The van der Waals surface area contributed by atoms with Crippen molar-refractivity contribution in [3.05, 3.63) is 70.0 Å². The maximum atomic E-state index is 13.2. The van der Waals surface area contributed by atoms with Crippen molar-refractivity contribution >= 4 is 22.5 Å². The van der Waals surface area contributed by atoms with Gasteiger partial charge in [0.2, 0.25) is 5.91 Å². The quantitative estimate of drug-likeness (QED) is 0.597. The Morgan fingerprint density at radius 3 is 2.19 bits per heavy atom. The van der Waals surface area contributed by atoms with Crippen LogP contribution in [0.5, 0.6) is 0 Å². The zero-order chi connectivity index (χ0) is 19.3. The van der Waals surface area contributed by atoms with Gasteiger partial charge in [0.15, 0.2) is 5.78 Å². The number of carbonyl (C=O) groups excluding carboxylic acids is 2. The van der Waals surface area contributed by atoms with E-state index in [1.54, 1.807) is 30.3 Å². The van der Waals surface area contributed by atoms with Crippen molar-refractivity contribution in [1.82, 2.24) is 9.88 Å². The van der Waals surface area contributed by atoms with Crippen LogP contribution in [0.4, 0.5) is 0 Å². The molecule has 1 amide bonds. The van der Waals surface area contributed by atoms with E-state index in [2.05, 4.69) is 5.32 Å². The molecule has 5 heteroatoms. The molecule has 2 aromatic carbocycles. The van der Waals surface area contributed by atoms with Crippen LogP contribution in [-0.4, -0.2) is 21.8 Å². The molecular formula is C22H20N2O3. The van der Waals surface area contributed by atoms with Crippen LogP contribution < -0.4 is 10.9 Å². The molecular weight excluding hydrogens is 340 g/mol. The lowest BCUT2D eigenvalue weighted by atomic mass is 10.0. The Hall–Kier alpha value is -3.21. The average molecular weight is 360 g/mol. The van der Waals surface area contributed by atoms with Gasteiger partial charge >= 0.3 is 0 Å². The highest BCUT2D eigenvalue weighted by atomic mass is 16.2. The summed E-state index contributed by atoms with van der Waals surface area (Å²) in [7, 11) is 0. The van der Waals surface area contributed by atoms with Crippen molar-refractivity contribution in [2.45, 2.75) is 32.9 Å². The van der Waals surface area contributed by atoms with E-state index in [9.17, 15) is 14.4 Å². The van der Waals surface area contributed by atoms with Gasteiger partial charge in [-0.3, -0.25) is 19.0 Å². The molecule has 0 unspecified atom stereocenters. The number of hydrogen-bond donors (Lipinski definition) is 1. The number of hydrogen-bond acceptors (Lipinski definition) is 3. The summed E-state index contributed by atoms with van der Waals surface area (Å²) in [6, 6.07) is 14.3. The largest absolute Gasteiger partial charge is 0.350 e. The van der Waals surface area contributed by atoms with Crippen LogP contribution in [0.25, 0.3) is 22.0 Å². The summed E-state index contributed by atoms with van der Waals surface area (Å²) in [4.78, 5) is 38.8. The lowest BCUT2D eigenvalue weighted by molar-refractivity contribution is -0.123. The Balaban J connectivity index is 2.01. The van der Waals surface area contributed by atoms with Crippen LogP contribution in [0.3, 0.4) is 0 Å². The zero-order valence-electron chi connectivity index (χ0n) is 15.5. The topological polar surface area (TPSA) is 68.2 Å². The number of ketones is 1. The predicted octanol–water partition coefficient (Wildman–Crippen LogP) is 3.13. The van der Waals surface area contributed by atoms with E-state index in [4.69, 9.17) is 0 Å². The number of benzene rings is 2. The molecule has 0 spiro atoms. The Bertz CT molecular complexity index is 1170. The molecule has 0 saturated heterocycles. The van der Waals surface area contributed by atoms with Gasteiger partial charge in [0.05, 0.1) is 11.3 Å². The highest BCUT2D eigenvalue weighted by Crippen LogP contribution is 2.38. The van der Waals surface area contributed by atoms with E-state index < -0.39 is 5.54 Å². The number of aromatic nitrogens is 1. The average Bonchev–Trinajstić information content (AvgIpc) is 2.90. The van der Waals surface area contributed by atoms with Gasteiger partial charge in [-0.15, -0.1) is 0 Å². The summed E-state index contributed by atoms with van der Waals surface area (Å²) in [6.07, 6.45) is 0. The second-order valence-corrected chi connectivity index (χ2v) is 7.83. The number of nitrogens with one attached hydrogen (secondary N) is 1. The first-order valence-electron chi connectivity index (χ1n) is 8.88. The van der Waals surface area contributed by atoms with Gasteiger partial charge < -0.3 is 5.32 Å².